The summed E-state index contributed by atoms with van der Waals surface area (Å²) in [6, 6.07) is 45.8. The van der Waals surface area contributed by atoms with Gasteiger partial charge < -0.3 is 0 Å². The molecule has 90 heavy (non-hydrogen) atoms. The first-order valence-corrected chi connectivity index (χ1v) is 37.5. The highest BCUT2D eigenvalue weighted by Gasteiger charge is 2.36. The third-order valence-electron chi connectivity index (χ3n) is 15.5. The van der Waals surface area contributed by atoms with Crippen molar-refractivity contribution in [1.29, 1.82) is 0 Å². The van der Waals surface area contributed by atoms with Gasteiger partial charge in [-0.3, -0.25) is 0 Å². The largest absolute Gasteiger partial charge is 0.250 e. The van der Waals surface area contributed by atoms with Gasteiger partial charge in [0.05, 0.1) is 65.2 Å². The molecule has 0 unspecified atom stereocenters. The number of nitrogens with zero attached hydrogens (tertiary/aromatic N) is 8. The highest BCUT2D eigenvalue weighted by Crippen LogP contribution is 2.28. The molecule has 0 aliphatic carbocycles. The summed E-state index contributed by atoms with van der Waals surface area (Å²) < 4.78 is 187. The van der Waals surface area contributed by atoms with Crippen molar-refractivity contribution in [2.75, 3.05) is 65.4 Å². The molecule has 9 rings (SSSR count). The third kappa shape index (κ3) is 15.7. The van der Waals surface area contributed by atoms with Gasteiger partial charge in [-0.05, 0) is 139 Å². The fourth-order valence-corrected chi connectivity index (χ4v) is 18.5. The maximum Gasteiger partial charge on any atom is 0.243 e. The number of hydrogen-bond acceptors (Lipinski definition) is 14. The molecule has 1 aliphatic heterocycles. The molecule has 0 saturated carbocycles. The van der Waals surface area contributed by atoms with Crippen LogP contribution in [-0.2, 0) is 73.2 Å². The normalized spacial score (nSPS) is 16.5. The van der Waals surface area contributed by atoms with E-state index < -0.39 is 139 Å². The zero-order chi connectivity index (χ0) is 64.8. The first-order chi connectivity index (χ1) is 42.5. The fraction of sp³-hybridized carbons (Fsp3) is 0.281. The van der Waals surface area contributed by atoms with Crippen LogP contribution in [0.3, 0.4) is 0 Å². The number of benzene rings is 6. The van der Waals surface area contributed by atoms with Gasteiger partial charge in [0.25, 0.3) is 0 Å². The Labute approximate surface area is 530 Å². The van der Waals surface area contributed by atoms with E-state index in [1.807, 2.05) is 0 Å². The van der Waals surface area contributed by atoms with Gasteiger partial charge in [0.1, 0.15) is 0 Å². The Morgan fingerprint density at radius 3 is 0.589 bits per heavy atom. The Hall–Kier alpha value is -6.92. The molecule has 20 nitrogen and oxygen atoms in total. The van der Waals surface area contributed by atoms with Crippen LogP contribution >= 0.6 is 0 Å². The van der Waals surface area contributed by atoms with Gasteiger partial charge in [-0.2, -0.15) is 25.8 Å². The number of fused-ring (bicyclic) bond motifs is 5. The minimum atomic E-state index is -4.65. The smallest absolute Gasteiger partial charge is 0.243 e. The predicted octanol–water partition coefficient (Wildman–Crippen LogP) is 8.15. The second kappa shape index (κ2) is 27.9. The molecule has 0 atom stereocenters. The summed E-state index contributed by atoms with van der Waals surface area (Å²) in [5, 5.41) is 0. The molecule has 26 heteroatoms. The summed E-state index contributed by atoms with van der Waals surface area (Å²) in [5.41, 5.74) is 5.47. The Balaban J connectivity index is 1.23. The Morgan fingerprint density at radius 1 is 0.233 bits per heavy atom. The number of rotatable bonds is 12. The first kappa shape index (κ1) is 67.5. The molecule has 0 spiro atoms. The Kier molecular flexibility index (Phi) is 20.9. The van der Waals surface area contributed by atoms with Crippen LogP contribution in [0.1, 0.15) is 44.8 Å². The molecule has 3 heterocycles. The highest BCUT2D eigenvalue weighted by atomic mass is 32.2. The molecule has 476 valence electrons. The average Bonchev–Trinajstić information content (AvgIpc) is 1.02. The summed E-state index contributed by atoms with van der Waals surface area (Å²) in [7, 11) is -27.4. The Bertz CT molecular complexity index is 4260. The molecule has 2 aromatic heterocycles. The molecule has 0 radical (unpaired) electrons. The van der Waals surface area contributed by atoms with Crippen LogP contribution in [0.15, 0.2) is 211 Å². The number of aromatic nitrogens is 2. The lowest BCUT2D eigenvalue weighted by molar-refractivity contribution is 0.286. The van der Waals surface area contributed by atoms with Gasteiger partial charge in [-0.15, -0.1) is 0 Å². The zero-order valence-electron chi connectivity index (χ0n) is 50.7. The predicted molar refractivity (Wildman–Crippen MR) is 345 cm³/mol. The summed E-state index contributed by atoms with van der Waals surface area (Å²) in [6.07, 6.45) is 0. The van der Waals surface area contributed by atoms with Gasteiger partial charge in [0.15, 0.2) is 0 Å². The molecule has 0 N–H and O–H groups in total. The van der Waals surface area contributed by atoms with E-state index in [2.05, 4.69) is 0 Å². The van der Waals surface area contributed by atoms with Crippen LogP contribution in [0.2, 0.25) is 0 Å². The van der Waals surface area contributed by atoms with Crippen molar-refractivity contribution in [2.45, 2.75) is 84.0 Å². The minimum Gasteiger partial charge on any atom is -0.250 e. The third-order valence-corrected chi connectivity index (χ3v) is 26.9. The van der Waals surface area contributed by atoms with Crippen molar-refractivity contribution in [1.82, 2.24) is 35.8 Å². The molecule has 0 amide bonds. The van der Waals surface area contributed by atoms with E-state index in [4.69, 9.17) is 9.97 Å². The van der Waals surface area contributed by atoms with E-state index in [1.54, 1.807) is 151 Å². The molecule has 4 bridgehead atoms. The average molecular weight is 1340 g/mol. The van der Waals surface area contributed by atoms with Gasteiger partial charge in [0.2, 0.25) is 60.1 Å². The van der Waals surface area contributed by atoms with E-state index in [0.29, 0.717) is 0 Å². The number of hydrogen-bond donors (Lipinski definition) is 0. The number of aryl methyl sites for hydroxylation is 6. The zero-order valence-corrected chi connectivity index (χ0v) is 55.6. The van der Waals surface area contributed by atoms with Crippen molar-refractivity contribution >= 4 is 60.1 Å². The van der Waals surface area contributed by atoms with E-state index in [9.17, 15) is 16.8 Å². The van der Waals surface area contributed by atoms with Crippen molar-refractivity contribution in [2.24, 2.45) is 0 Å². The van der Waals surface area contributed by atoms with Gasteiger partial charge >= 0.3 is 0 Å². The molecular weight excluding hydrogens is 1270 g/mol. The monoisotopic (exact) mass is 1340 g/mol. The second-order valence-electron chi connectivity index (χ2n) is 22.2. The lowest BCUT2D eigenvalue weighted by atomic mass is 10.2. The number of pyridine rings is 2. The van der Waals surface area contributed by atoms with Crippen LogP contribution < -0.4 is 0 Å². The highest BCUT2D eigenvalue weighted by molar-refractivity contribution is 7.90. The van der Waals surface area contributed by atoms with Gasteiger partial charge in [0, 0.05) is 65.4 Å². The standard InChI is InChI=1S/C64H72N8O12S6/c1-49-13-25-57(26-14-49)85(73,74)67-37-38-68(86(75,76)58-27-15-50(2)16-28-58)40-42-70(88(79,80)60-31-19-52(4)20-32-60)44-46-72(90(83,84)62-35-23-54(6)24-36-62)48-56-10-8-12-64(66-56)63-11-7-9-55(65-63)47-71(89(81,82)61-33-21-53(5)22-34-61)45-43-69(41-39-67)87(77,78)59-29-17-51(3)18-30-59/h7-36H,37-48H2,1-6H3. The second-order valence-corrected chi connectivity index (χ2v) is 33.8. The van der Waals surface area contributed by atoms with Crippen molar-refractivity contribution in [3.63, 3.8) is 0 Å². The molecule has 6 aromatic carbocycles. The molecule has 1 aliphatic rings. The van der Waals surface area contributed by atoms with Crippen LogP contribution in [0.25, 0.3) is 11.4 Å². The summed E-state index contributed by atoms with van der Waals surface area (Å²) in [4.78, 5) is 8.80. The quantitative estimate of drug-likeness (QED) is 0.112. The summed E-state index contributed by atoms with van der Waals surface area (Å²) >= 11 is 0. The summed E-state index contributed by atoms with van der Waals surface area (Å²) in [6.45, 7) is 4.27. The van der Waals surface area contributed by atoms with Gasteiger partial charge in [-0.1, -0.05) is 118 Å². The minimum absolute atomic E-state index is 0.0961. The lowest BCUT2D eigenvalue weighted by Gasteiger charge is -2.32. The summed E-state index contributed by atoms with van der Waals surface area (Å²) in [5.74, 6) is 0. The van der Waals surface area contributed by atoms with E-state index in [0.717, 1.165) is 59.2 Å². The van der Waals surface area contributed by atoms with Crippen molar-refractivity contribution in [3.8, 4) is 11.4 Å². The lowest BCUT2D eigenvalue weighted by Crippen LogP contribution is -2.48. The van der Waals surface area contributed by atoms with E-state index in [1.165, 1.54) is 72.8 Å². The topological polar surface area (TPSA) is 250 Å². The van der Waals surface area contributed by atoms with Gasteiger partial charge in [-0.25, -0.2) is 60.5 Å². The van der Waals surface area contributed by atoms with E-state index >= 15 is 33.7 Å². The SMILES string of the molecule is Cc1ccc(S(=O)(=O)N2CCN(S(=O)(=O)c3ccc(C)cc3)CCN(S(=O)(=O)c3ccc(C)cc3)CCN(S(=O)(=O)c3ccc(C)cc3)Cc3cccc(n3)-c3cccc(n3)CN(S(=O)(=O)c3ccc(C)cc3)CCN(S(=O)(=O)c3ccc(C)cc3)CC2)cc1. The molecule has 8 aromatic rings. The maximum atomic E-state index is 15.2. The van der Waals surface area contributed by atoms with E-state index in [-0.39, 0.29) is 52.1 Å². The first-order valence-electron chi connectivity index (χ1n) is 28.9. The van der Waals surface area contributed by atoms with Crippen LogP contribution in [0.5, 0.6) is 0 Å². The number of sulfonamides is 6. The molecular formula is C64H72N8O12S6. The molecule has 0 saturated heterocycles. The van der Waals surface area contributed by atoms with Crippen molar-refractivity contribution in [3.05, 3.63) is 227 Å². The Morgan fingerprint density at radius 2 is 0.400 bits per heavy atom. The van der Waals surface area contributed by atoms with Crippen LogP contribution in [-0.4, -0.2) is 152 Å². The molecule has 0 fully saturated rings. The fourth-order valence-electron chi connectivity index (χ4n) is 10.0. The van der Waals surface area contributed by atoms with Crippen LogP contribution in [0, 0.1) is 41.5 Å². The van der Waals surface area contributed by atoms with Crippen molar-refractivity contribution < 1.29 is 50.5 Å². The van der Waals surface area contributed by atoms with Crippen LogP contribution in [0.4, 0.5) is 0 Å². The maximum absolute atomic E-state index is 15.2.